The second kappa shape index (κ2) is 12.6. The normalized spacial score (nSPS) is 12.1. The quantitative estimate of drug-likeness (QED) is 0.322. The third-order valence-electron chi connectivity index (χ3n) is 5.56. The number of nitrogens with one attached hydrogen (secondary N) is 1. The molecule has 192 valence electrons. The Morgan fingerprint density at radius 3 is 2.08 bits per heavy atom. The molecular weight excluding hydrogens is 492 g/mol. The van der Waals surface area contributed by atoms with Crippen LogP contribution in [-0.2, 0) is 30.8 Å². The minimum atomic E-state index is -4.18. The molecule has 0 bridgehead atoms. The van der Waals surface area contributed by atoms with Gasteiger partial charge >= 0.3 is 5.97 Å². The van der Waals surface area contributed by atoms with Crippen molar-refractivity contribution in [3.8, 4) is 0 Å². The Morgan fingerprint density at radius 2 is 1.51 bits per heavy atom. The van der Waals surface area contributed by atoms with Crippen LogP contribution in [0.15, 0.2) is 90.3 Å². The molecular formula is C28H28N2O6S. The van der Waals surface area contributed by atoms with Crippen LogP contribution in [0.3, 0.4) is 0 Å². The van der Waals surface area contributed by atoms with E-state index in [1.807, 2.05) is 4.72 Å². The summed E-state index contributed by atoms with van der Waals surface area (Å²) in [5.41, 5.74) is 2.11. The van der Waals surface area contributed by atoms with E-state index in [-0.39, 0.29) is 13.0 Å². The molecule has 0 aliphatic rings. The fourth-order valence-corrected chi connectivity index (χ4v) is 4.49. The third-order valence-corrected chi connectivity index (χ3v) is 6.54. The summed E-state index contributed by atoms with van der Waals surface area (Å²) in [4.78, 5) is 40.0. The molecule has 2 amide bonds. The van der Waals surface area contributed by atoms with Crippen LogP contribution in [0.5, 0.6) is 0 Å². The summed E-state index contributed by atoms with van der Waals surface area (Å²) >= 11 is 0. The Balaban J connectivity index is 1.89. The summed E-state index contributed by atoms with van der Waals surface area (Å²) in [6.07, 6.45) is 1.29. The van der Waals surface area contributed by atoms with E-state index in [4.69, 9.17) is 4.74 Å². The number of sulfonamides is 1. The molecule has 0 saturated carbocycles. The summed E-state index contributed by atoms with van der Waals surface area (Å²) in [5, 5.41) is 0.891. The average molecular weight is 521 g/mol. The van der Waals surface area contributed by atoms with Gasteiger partial charge in [-0.1, -0.05) is 60.7 Å². The number of hydrogen-bond acceptors (Lipinski definition) is 6. The smallest absolute Gasteiger partial charge is 0.337 e. The van der Waals surface area contributed by atoms with Gasteiger partial charge in [0.1, 0.15) is 5.92 Å². The van der Waals surface area contributed by atoms with Crippen LogP contribution in [0.25, 0.3) is 6.08 Å². The highest BCUT2D eigenvalue weighted by molar-refractivity contribution is 7.93. The first kappa shape index (κ1) is 27.3. The zero-order valence-corrected chi connectivity index (χ0v) is 21.4. The second-order valence-electron chi connectivity index (χ2n) is 8.09. The molecule has 0 heterocycles. The number of carbonyl (C=O) groups excluding carboxylic acids is 3. The Labute approximate surface area is 216 Å². The highest BCUT2D eigenvalue weighted by Gasteiger charge is 2.33. The summed E-state index contributed by atoms with van der Waals surface area (Å²) < 4.78 is 32.0. The van der Waals surface area contributed by atoms with Crippen molar-refractivity contribution in [1.82, 2.24) is 4.72 Å². The number of ether oxygens (including phenoxy) is 1. The first-order valence-electron chi connectivity index (χ1n) is 11.6. The second-order valence-corrected chi connectivity index (χ2v) is 9.65. The topological polar surface area (TPSA) is 110 Å². The summed E-state index contributed by atoms with van der Waals surface area (Å²) in [6.45, 7) is 2.04. The monoisotopic (exact) mass is 520 g/mol. The number of hydrogen-bond donors (Lipinski definition) is 1. The van der Waals surface area contributed by atoms with E-state index in [1.165, 1.54) is 30.2 Å². The van der Waals surface area contributed by atoms with Gasteiger partial charge in [0, 0.05) is 12.2 Å². The van der Waals surface area contributed by atoms with E-state index in [1.54, 1.807) is 79.7 Å². The SMILES string of the molecule is CCN(C(=O)C(Cc1ccc(C(=O)OC)cc1)C(=O)NS(=O)(=O)C=Cc1ccccc1)c1ccccc1. The minimum absolute atomic E-state index is 0.0760. The predicted octanol–water partition coefficient (Wildman–Crippen LogP) is 3.80. The Morgan fingerprint density at radius 1 is 0.919 bits per heavy atom. The Bertz CT molecular complexity index is 1350. The van der Waals surface area contributed by atoms with Crippen LogP contribution < -0.4 is 9.62 Å². The van der Waals surface area contributed by atoms with E-state index in [9.17, 15) is 22.8 Å². The molecule has 3 aromatic carbocycles. The first-order chi connectivity index (χ1) is 17.7. The van der Waals surface area contributed by atoms with E-state index < -0.39 is 33.7 Å². The van der Waals surface area contributed by atoms with Gasteiger partial charge in [0.05, 0.1) is 18.1 Å². The highest BCUT2D eigenvalue weighted by Crippen LogP contribution is 2.20. The zero-order valence-electron chi connectivity index (χ0n) is 20.5. The van der Waals surface area contributed by atoms with E-state index in [0.29, 0.717) is 22.4 Å². The number of methoxy groups -OCH3 is 1. The van der Waals surface area contributed by atoms with E-state index in [0.717, 1.165) is 5.41 Å². The van der Waals surface area contributed by atoms with Crippen molar-refractivity contribution >= 4 is 39.6 Å². The van der Waals surface area contributed by atoms with Crippen LogP contribution in [0.2, 0.25) is 0 Å². The van der Waals surface area contributed by atoms with Gasteiger partial charge in [0.15, 0.2) is 0 Å². The molecule has 0 aliphatic heterocycles. The van der Waals surface area contributed by atoms with Crippen molar-refractivity contribution in [2.24, 2.45) is 5.92 Å². The third kappa shape index (κ3) is 7.62. The van der Waals surface area contributed by atoms with Crippen molar-refractivity contribution in [3.05, 3.63) is 107 Å². The molecule has 0 fully saturated rings. The summed E-state index contributed by atoms with van der Waals surface area (Å²) in [5.74, 6) is -3.36. The fraction of sp³-hybridized carbons (Fsp3) is 0.179. The molecule has 0 saturated heterocycles. The number of rotatable bonds is 10. The standard InChI is InChI=1S/C28H28N2O6S/c1-3-30(24-12-8-5-9-13-24)27(32)25(20-22-14-16-23(17-15-22)28(33)36-2)26(31)29-37(34,35)19-18-21-10-6-4-7-11-21/h4-19,25H,3,20H2,1-2H3,(H,29,31). The van der Waals surface area contributed by atoms with Crippen molar-refractivity contribution in [3.63, 3.8) is 0 Å². The number of benzene rings is 3. The number of carbonyl (C=O) groups is 3. The molecule has 1 N–H and O–H groups in total. The number of amides is 2. The maximum Gasteiger partial charge on any atom is 0.337 e. The van der Waals surface area contributed by atoms with Gasteiger partial charge in [-0.15, -0.1) is 0 Å². The maximum atomic E-state index is 13.6. The lowest BCUT2D eigenvalue weighted by Gasteiger charge is -2.26. The van der Waals surface area contributed by atoms with Crippen molar-refractivity contribution in [2.45, 2.75) is 13.3 Å². The van der Waals surface area contributed by atoms with Gasteiger partial charge in [-0.3, -0.25) is 9.59 Å². The van der Waals surface area contributed by atoms with Crippen molar-refractivity contribution in [1.29, 1.82) is 0 Å². The molecule has 1 unspecified atom stereocenters. The molecule has 0 aromatic heterocycles. The summed E-state index contributed by atoms with van der Waals surface area (Å²) in [6, 6.07) is 23.8. The number of nitrogens with zero attached hydrogens (tertiary/aromatic N) is 1. The molecule has 0 aliphatic carbocycles. The molecule has 0 spiro atoms. The van der Waals surface area contributed by atoms with E-state index >= 15 is 0 Å². The molecule has 0 radical (unpaired) electrons. The van der Waals surface area contributed by atoms with Crippen LogP contribution >= 0.6 is 0 Å². The number of esters is 1. The highest BCUT2D eigenvalue weighted by atomic mass is 32.2. The van der Waals surface area contributed by atoms with E-state index in [2.05, 4.69) is 0 Å². The van der Waals surface area contributed by atoms with Gasteiger partial charge in [0.2, 0.25) is 11.8 Å². The van der Waals surface area contributed by atoms with Crippen molar-refractivity contribution < 1.29 is 27.5 Å². The number of anilines is 1. The average Bonchev–Trinajstić information content (AvgIpc) is 2.91. The lowest BCUT2D eigenvalue weighted by molar-refractivity contribution is -0.132. The molecule has 9 heteroatoms. The fourth-order valence-electron chi connectivity index (χ4n) is 3.66. The number of para-hydroxylation sites is 1. The lowest BCUT2D eigenvalue weighted by atomic mass is 9.96. The predicted molar refractivity (Wildman–Crippen MR) is 142 cm³/mol. The minimum Gasteiger partial charge on any atom is -0.465 e. The van der Waals surface area contributed by atoms with Gasteiger partial charge < -0.3 is 9.64 Å². The van der Waals surface area contributed by atoms with Crippen molar-refractivity contribution in [2.75, 3.05) is 18.6 Å². The largest absolute Gasteiger partial charge is 0.465 e. The van der Waals surface area contributed by atoms with Crippen LogP contribution in [0.1, 0.15) is 28.4 Å². The van der Waals surface area contributed by atoms with Gasteiger partial charge in [-0.2, -0.15) is 0 Å². The van der Waals surface area contributed by atoms with Crippen LogP contribution in [0, 0.1) is 5.92 Å². The van der Waals surface area contributed by atoms with Crippen LogP contribution in [-0.4, -0.2) is 39.9 Å². The van der Waals surface area contributed by atoms with Crippen LogP contribution in [0.4, 0.5) is 5.69 Å². The Kier molecular flexibility index (Phi) is 9.34. The zero-order chi connectivity index (χ0) is 26.8. The molecule has 3 rings (SSSR count). The Hall–Kier alpha value is -4.24. The molecule has 1 atom stereocenters. The molecule has 37 heavy (non-hydrogen) atoms. The molecule has 8 nitrogen and oxygen atoms in total. The maximum absolute atomic E-state index is 13.6. The molecule has 3 aromatic rings. The lowest BCUT2D eigenvalue weighted by Crippen LogP contribution is -2.46. The van der Waals surface area contributed by atoms with Gasteiger partial charge in [-0.25, -0.2) is 17.9 Å². The summed E-state index contributed by atoms with van der Waals surface area (Å²) in [7, 11) is -2.91. The first-order valence-corrected chi connectivity index (χ1v) is 13.1. The van der Waals surface area contributed by atoms with Gasteiger partial charge in [0.25, 0.3) is 10.0 Å². The van der Waals surface area contributed by atoms with Gasteiger partial charge in [-0.05, 0) is 54.8 Å².